The average molecular weight is 259 g/mol. The van der Waals surface area contributed by atoms with Gasteiger partial charge in [0.05, 0.1) is 5.56 Å². The van der Waals surface area contributed by atoms with Crippen molar-refractivity contribution in [2.75, 3.05) is 0 Å². The highest BCUT2D eigenvalue weighted by molar-refractivity contribution is 5.86. The third-order valence-electron chi connectivity index (χ3n) is 1.71. The monoisotopic (exact) mass is 259 g/mol. The van der Waals surface area contributed by atoms with Crippen LogP contribution in [0.2, 0.25) is 0 Å². The fourth-order valence-corrected chi connectivity index (χ4v) is 0.995. The van der Waals surface area contributed by atoms with E-state index in [9.17, 15) is 31.1 Å². The SMILES string of the molecule is O=C(O)c1nc(C(F)(F)F)cc(C(F)F)c1F. The van der Waals surface area contributed by atoms with Gasteiger partial charge in [-0.1, -0.05) is 0 Å². The van der Waals surface area contributed by atoms with Crippen molar-refractivity contribution < 1.29 is 36.2 Å². The van der Waals surface area contributed by atoms with E-state index in [1.807, 2.05) is 0 Å². The van der Waals surface area contributed by atoms with Crippen molar-refractivity contribution in [1.29, 1.82) is 0 Å². The van der Waals surface area contributed by atoms with E-state index in [4.69, 9.17) is 5.11 Å². The lowest BCUT2D eigenvalue weighted by Gasteiger charge is -2.10. The normalized spacial score (nSPS) is 11.9. The first kappa shape index (κ1) is 13.3. The minimum Gasteiger partial charge on any atom is -0.476 e. The number of alkyl halides is 5. The second-order valence-electron chi connectivity index (χ2n) is 2.86. The number of rotatable bonds is 2. The minimum absolute atomic E-state index is 0.216. The van der Waals surface area contributed by atoms with E-state index in [0.29, 0.717) is 0 Å². The van der Waals surface area contributed by atoms with Crippen LogP contribution in [0.5, 0.6) is 0 Å². The molecule has 1 aromatic heterocycles. The summed E-state index contributed by atoms with van der Waals surface area (Å²) in [4.78, 5) is 12.8. The van der Waals surface area contributed by atoms with E-state index in [2.05, 4.69) is 4.98 Å². The van der Waals surface area contributed by atoms with Crippen molar-refractivity contribution in [2.24, 2.45) is 0 Å². The summed E-state index contributed by atoms with van der Waals surface area (Å²) in [6.45, 7) is 0. The predicted octanol–water partition coefficient (Wildman–Crippen LogP) is 2.88. The van der Waals surface area contributed by atoms with Gasteiger partial charge in [-0.15, -0.1) is 0 Å². The van der Waals surface area contributed by atoms with Crippen LogP contribution in [0.3, 0.4) is 0 Å². The quantitative estimate of drug-likeness (QED) is 0.831. The molecule has 9 heteroatoms. The summed E-state index contributed by atoms with van der Waals surface area (Å²) in [6, 6.07) is -0.216. The van der Waals surface area contributed by atoms with Crippen LogP contribution in [0.15, 0.2) is 6.07 Å². The zero-order valence-corrected chi connectivity index (χ0v) is 7.73. The number of hydrogen-bond donors (Lipinski definition) is 1. The van der Waals surface area contributed by atoms with E-state index in [0.717, 1.165) is 0 Å². The number of aromatic carboxylic acids is 1. The second-order valence-corrected chi connectivity index (χ2v) is 2.86. The molecule has 0 radical (unpaired) electrons. The van der Waals surface area contributed by atoms with E-state index in [1.54, 1.807) is 0 Å². The summed E-state index contributed by atoms with van der Waals surface area (Å²) in [5.41, 5.74) is -5.22. The van der Waals surface area contributed by atoms with Gasteiger partial charge in [0.25, 0.3) is 6.43 Å². The molecule has 0 unspecified atom stereocenters. The maximum absolute atomic E-state index is 13.1. The lowest BCUT2D eigenvalue weighted by molar-refractivity contribution is -0.141. The molecule has 0 saturated carbocycles. The zero-order chi connectivity index (χ0) is 13.4. The molecular formula is C8H3F6NO2. The smallest absolute Gasteiger partial charge is 0.433 e. The molecule has 94 valence electrons. The fraction of sp³-hybridized carbons (Fsp3) is 0.250. The highest BCUT2D eigenvalue weighted by atomic mass is 19.4. The Morgan fingerprint density at radius 1 is 1.35 bits per heavy atom. The summed E-state index contributed by atoms with van der Waals surface area (Å²) >= 11 is 0. The molecule has 0 fully saturated rings. The molecule has 1 aromatic rings. The zero-order valence-electron chi connectivity index (χ0n) is 7.73. The molecule has 0 saturated heterocycles. The Labute approximate surface area is 89.7 Å². The van der Waals surface area contributed by atoms with Crippen molar-refractivity contribution in [2.45, 2.75) is 12.6 Å². The summed E-state index contributed by atoms with van der Waals surface area (Å²) in [6.07, 6.45) is -8.71. The molecule has 17 heavy (non-hydrogen) atoms. The molecule has 0 amide bonds. The number of pyridine rings is 1. The number of halogens is 6. The first-order valence-corrected chi connectivity index (χ1v) is 3.93. The van der Waals surface area contributed by atoms with E-state index in [-0.39, 0.29) is 6.07 Å². The fourth-order valence-electron chi connectivity index (χ4n) is 0.995. The van der Waals surface area contributed by atoms with Gasteiger partial charge in [0.2, 0.25) is 0 Å². The van der Waals surface area contributed by atoms with E-state index in [1.165, 1.54) is 0 Å². The molecule has 0 spiro atoms. The molecular weight excluding hydrogens is 256 g/mol. The molecule has 1 N–H and O–H groups in total. The van der Waals surface area contributed by atoms with Gasteiger partial charge in [-0.25, -0.2) is 22.9 Å². The molecule has 1 heterocycles. The Bertz CT molecular complexity index is 456. The van der Waals surface area contributed by atoms with Crippen LogP contribution in [0, 0.1) is 5.82 Å². The van der Waals surface area contributed by atoms with Crippen molar-refractivity contribution in [3.05, 3.63) is 28.8 Å². The highest BCUT2D eigenvalue weighted by Gasteiger charge is 2.36. The third kappa shape index (κ3) is 2.66. The number of carboxylic acids is 1. The lowest BCUT2D eigenvalue weighted by atomic mass is 10.1. The number of nitrogens with zero attached hydrogens (tertiary/aromatic N) is 1. The Morgan fingerprint density at radius 2 is 1.88 bits per heavy atom. The number of aromatic nitrogens is 1. The Kier molecular flexibility index (Phi) is 3.30. The van der Waals surface area contributed by atoms with Crippen molar-refractivity contribution in [3.63, 3.8) is 0 Å². The predicted molar refractivity (Wildman–Crippen MR) is 41.1 cm³/mol. The Hall–Kier alpha value is -1.80. The molecule has 3 nitrogen and oxygen atoms in total. The van der Waals surface area contributed by atoms with Crippen LogP contribution < -0.4 is 0 Å². The Balaban J connectivity index is 3.53. The van der Waals surface area contributed by atoms with Gasteiger partial charge < -0.3 is 5.11 Å². The first-order valence-electron chi connectivity index (χ1n) is 3.93. The highest BCUT2D eigenvalue weighted by Crippen LogP contribution is 2.32. The summed E-state index contributed by atoms with van der Waals surface area (Å²) < 4.78 is 74.0. The summed E-state index contributed by atoms with van der Waals surface area (Å²) in [5.74, 6) is -4.13. The number of carboxylic acid groups (broad SMARTS) is 1. The van der Waals surface area contributed by atoms with Crippen LogP contribution in [-0.4, -0.2) is 16.1 Å². The molecule has 1 rings (SSSR count). The standard InChI is InChI=1S/C8H3F6NO2/c9-4-2(6(10)11)1-3(8(12,13)14)15-5(4)7(16)17/h1,6H,(H,16,17). The van der Waals surface area contributed by atoms with Crippen LogP contribution in [-0.2, 0) is 6.18 Å². The maximum Gasteiger partial charge on any atom is 0.433 e. The van der Waals surface area contributed by atoms with Crippen LogP contribution >= 0.6 is 0 Å². The van der Waals surface area contributed by atoms with Crippen LogP contribution in [0.4, 0.5) is 26.3 Å². The van der Waals surface area contributed by atoms with Gasteiger partial charge in [-0.2, -0.15) is 13.2 Å². The van der Waals surface area contributed by atoms with E-state index >= 15 is 0 Å². The molecule has 0 aliphatic heterocycles. The maximum atomic E-state index is 13.1. The number of hydrogen-bond acceptors (Lipinski definition) is 2. The van der Waals surface area contributed by atoms with Crippen molar-refractivity contribution in [1.82, 2.24) is 4.98 Å². The van der Waals surface area contributed by atoms with E-state index < -0.39 is 41.3 Å². The molecule has 0 bridgehead atoms. The van der Waals surface area contributed by atoms with Crippen molar-refractivity contribution >= 4 is 5.97 Å². The lowest BCUT2D eigenvalue weighted by Crippen LogP contribution is -2.16. The van der Waals surface area contributed by atoms with Gasteiger partial charge in [0, 0.05) is 0 Å². The van der Waals surface area contributed by atoms with Gasteiger partial charge in [-0.05, 0) is 6.07 Å². The molecule has 0 aliphatic carbocycles. The van der Waals surface area contributed by atoms with Crippen molar-refractivity contribution in [3.8, 4) is 0 Å². The van der Waals surface area contributed by atoms with Gasteiger partial charge in [0.1, 0.15) is 5.69 Å². The topological polar surface area (TPSA) is 50.2 Å². The molecule has 0 aromatic carbocycles. The van der Waals surface area contributed by atoms with Crippen LogP contribution in [0.25, 0.3) is 0 Å². The first-order chi connectivity index (χ1) is 7.64. The van der Waals surface area contributed by atoms with Gasteiger partial charge >= 0.3 is 12.1 Å². The van der Waals surface area contributed by atoms with Crippen LogP contribution in [0.1, 0.15) is 28.2 Å². The van der Waals surface area contributed by atoms with Gasteiger partial charge in [-0.3, -0.25) is 0 Å². The summed E-state index contributed by atoms with van der Waals surface area (Å²) in [7, 11) is 0. The average Bonchev–Trinajstić information content (AvgIpc) is 2.14. The Morgan fingerprint density at radius 3 is 2.24 bits per heavy atom. The molecule has 0 atom stereocenters. The largest absolute Gasteiger partial charge is 0.476 e. The number of carbonyl (C=O) groups is 1. The third-order valence-corrected chi connectivity index (χ3v) is 1.71. The van der Waals surface area contributed by atoms with Gasteiger partial charge in [0.15, 0.2) is 11.5 Å². The second kappa shape index (κ2) is 4.22. The molecule has 0 aliphatic rings. The minimum atomic E-state index is -5.14. The summed E-state index contributed by atoms with van der Waals surface area (Å²) in [5, 5.41) is 8.35.